The molecule has 1 fully saturated rings. The minimum atomic E-state index is -0.972. The summed E-state index contributed by atoms with van der Waals surface area (Å²) in [5, 5.41) is 9.75. The topological polar surface area (TPSA) is 38.7 Å². The first-order chi connectivity index (χ1) is 8.25. The molecule has 3 unspecified atom stereocenters. The molecule has 94 valence electrons. The predicted octanol–water partition coefficient (Wildman–Crippen LogP) is 2.21. The van der Waals surface area contributed by atoms with Crippen molar-refractivity contribution >= 4 is 0 Å². The Balaban J connectivity index is 1.78. The third kappa shape index (κ3) is 3.77. The molecule has 1 heterocycles. The van der Waals surface area contributed by atoms with Crippen LogP contribution < -0.4 is 0 Å². The fourth-order valence-corrected chi connectivity index (χ4v) is 1.86. The molecule has 1 aliphatic rings. The number of ether oxygens (including phenoxy) is 2. The van der Waals surface area contributed by atoms with Crippen LogP contribution in [0.25, 0.3) is 0 Å². The van der Waals surface area contributed by atoms with Gasteiger partial charge in [-0.15, -0.1) is 0 Å². The van der Waals surface area contributed by atoms with Crippen LogP contribution in [0.15, 0.2) is 30.3 Å². The van der Waals surface area contributed by atoms with E-state index in [0.717, 1.165) is 0 Å². The molecule has 0 radical (unpaired) electrons. The van der Waals surface area contributed by atoms with E-state index in [1.807, 2.05) is 18.2 Å². The van der Waals surface area contributed by atoms with Gasteiger partial charge in [0.2, 0.25) is 0 Å². The first-order valence-electron chi connectivity index (χ1n) is 5.86. The second kappa shape index (κ2) is 6.10. The summed E-state index contributed by atoms with van der Waals surface area (Å²) in [5.74, 6) is 0. The summed E-state index contributed by atoms with van der Waals surface area (Å²) in [6, 6.07) is 9.09. The molecule has 1 aromatic rings. The maximum atomic E-state index is 13.1. The lowest BCUT2D eigenvalue weighted by Gasteiger charge is -2.26. The summed E-state index contributed by atoms with van der Waals surface area (Å²) in [5.41, 5.74) is 0.695. The van der Waals surface area contributed by atoms with Crippen molar-refractivity contribution in [1.29, 1.82) is 0 Å². The molecule has 2 rings (SSSR count). The lowest BCUT2D eigenvalue weighted by Crippen LogP contribution is -2.30. The molecule has 0 aliphatic carbocycles. The van der Waals surface area contributed by atoms with Crippen molar-refractivity contribution in [3.8, 4) is 0 Å². The molecule has 3 nitrogen and oxygen atoms in total. The second-order valence-corrected chi connectivity index (χ2v) is 4.21. The van der Waals surface area contributed by atoms with Crippen LogP contribution in [0.4, 0.5) is 4.39 Å². The van der Waals surface area contributed by atoms with Crippen molar-refractivity contribution in [2.24, 2.45) is 0 Å². The van der Waals surface area contributed by atoms with Crippen LogP contribution in [0.1, 0.15) is 24.7 Å². The van der Waals surface area contributed by atoms with Gasteiger partial charge >= 0.3 is 0 Å². The summed E-state index contributed by atoms with van der Waals surface area (Å²) in [6.45, 7) is 0.646. The number of hydrogen-bond donors (Lipinski definition) is 1. The SMILES string of the molecule is OC(OCC1CC(F)CCO1)c1ccccc1. The summed E-state index contributed by atoms with van der Waals surface area (Å²) >= 11 is 0. The third-order valence-corrected chi connectivity index (χ3v) is 2.83. The van der Waals surface area contributed by atoms with Crippen LogP contribution in [-0.4, -0.2) is 30.6 Å². The van der Waals surface area contributed by atoms with E-state index in [9.17, 15) is 9.50 Å². The first-order valence-corrected chi connectivity index (χ1v) is 5.86. The molecular weight excluding hydrogens is 223 g/mol. The fraction of sp³-hybridized carbons (Fsp3) is 0.538. The lowest BCUT2D eigenvalue weighted by atomic mass is 10.1. The quantitative estimate of drug-likeness (QED) is 0.820. The largest absolute Gasteiger partial charge is 0.376 e. The second-order valence-electron chi connectivity index (χ2n) is 4.21. The number of alkyl halides is 1. The Bertz CT molecular complexity index is 331. The number of hydrogen-bond acceptors (Lipinski definition) is 3. The fourth-order valence-electron chi connectivity index (χ4n) is 1.86. The van der Waals surface area contributed by atoms with Crippen LogP contribution in [0, 0.1) is 0 Å². The monoisotopic (exact) mass is 240 g/mol. The van der Waals surface area contributed by atoms with Crippen molar-refractivity contribution < 1.29 is 19.0 Å². The average Bonchev–Trinajstić information content (AvgIpc) is 2.37. The number of halogens is 1. The van der Waals surface area contributed by atoms with E-state index in [2.05, 4.69) is 0 Å². The van der Waals surface area contributed by atoms with E-state index in [-0.39, 0.29) is 12.7 Å². The third-order valence-electron chi connectivity index (χ3n) is 2.83. The maximum Gasteiger partial charge on any atom is 0.181 e. The predicted molar refractivity (Wildman–Crippen MR) is 61.2 cm³/mol. The average molecular weight is 240 g/mol. The Morgan fingerprint density at radius 2 is 2.18 bits per heavy atom. The van der Waals surface area contributed by atoms with Crippen molar-refractivity contribution in [3.05, 3.63) is 35.9 Å². The zero-order chi connectivity index (χ0) is 12.1. The Labute approximate surface area is 100 Å². The molecule has 4 heteroatoms. The molecule has 17 heavy (non-hydrogen) atoms. The van der Waals surface area contributed by atoms with E-state index < -0.39 is 12.5 Å². The molecule has 1 N–H and O–H groups in total. The standard InChI is InChI=1S/C13H17FO3/c14-11-6-7-16-12(8-11)9-17-13(15)10-4-2-1-3-5-10/h1-5,11-13,15H,6-9H2. The van der Waals surface area contributed by atoms with Gasteiger partial charge in [0, 0.05) is 25.0 Å². The maximum absolute atomic E-state index is 13.1. The molecule has 0 amide bonds. The van der Waals surface area contributed by atoms with Gasteiger partial charge in [0.1, 0.15) is 6.17 Å². The molecule has 1 aliphatic heterocycles. The minimum absolute atomic E-state index is 0.219. The van der Waals surface area contributed by atoms with Gasteiger partial charge in [-0.05, 0) is 0 Å². The molecule has 3 atom stereocenters. The lowest BCUT2D eigenvalue weighted by molar-refractivity contribution is -0.146. The highest BCUT2D eigenvalue weighted by Crippen LogP contribution is 2.19. The van der Waals surface area contributed by atoms with Crippen LogP contribution >= 0.6 is 0 Å². The zero-order valence-electron chi connectivity index (χ0n) is 9.59. The highest BCUT2D eigenvalue weighted by Gasteiger charge is 2.23. The molecule has 1 aromatic carbocycles. The Morgan fingerprint density at radius 3 is 2.88 bits per heavy atom. The molecular formula is C13H17FO3. The number of benzene rings is 1. The van der Waals surface area contributed by atoms with Crippen LogP contribution in [0.3, 0.4) is 0 Å². The van der Waals surface area contributed by atoms with Gasteiger partial charge in [-0.25, -0.2) is 4.39 Å². The van der Waals surface area contributed by atoms with E-state index in [4.69, 9.17) is 9.47 Å². The van der Waals surface area contributed by atoms with Crippen molar-refractivity contribution in [2.75, 3.05) is 13.2 Å². The summed E-state index contributed by atoms with van der Waals surface area (Å²) in [4.78, 5) is 0. The smallest absolute Gasteiger partial charge is 0.181 e. The van der Waals surface area contributed by atoms with Gasteiger partial charge in [0.15, 0.2) is 6.29 Å². The number of rotatable bonds is 4. The highest BCUT2D eigenvalue weighted by atomic mass is 19.1. The summed E-state index contributed by atoms with van der Waals surface area (Å²) < 4.78 is 23.7. The van der Waals surface area contributed by atoms with Crippen LogP contribution in [0.5, 0.6) is 0 Å². The highest BCUT2D eigenvalue weighted by molar-refractivity contribution is 5.15. The Hall–Kier alpha value is -0.970. The van der Waals surface area contributed by atoms with Crippen LogP contribution in [-0.2, 0) is 9.47 Å². The minimum Gasteiger partial charge on any atom is -0.376 e. The van der Waals surface area contributed by atoms with Crippen molar-refractivity contribution in [3.63, 3.8) is 0 Å². The molecule has 1 saturated heterocycles. The van der Waals surface area contributed by atoms with E-state index in [1.165, 1.54) is 0 Å². The van der Waals surface area contributed by atoms with E-state index in [1.54, 1.807) is 12.1 Å². The number of aliphatic hydroxyl groups excluding tert-OH is 1. The molecule has 0 bridgehead atoms. The zero-order valence-corrected chi connectivity index (χ0v) is 9.59. The first kappa shape index (κ1) is 12.5. The molecule has 0 aromatic heterocycles. The van der Waals surface area contributed by atoms with E-state index in [0.29, 0.717) is 25.0 Å². The van der Waals surface area contributed by atoms with Gasteiger partial charge in [0.25, 0.3) is 0 Å². The molecule has 0 spiro atoms. The van der Waals surface area contributed by atoms with Gasteiger partial charge in [-0.1, -0.05) is 30.3 Å². The van der Waals surface area contributed by atoms with E-state index >= 15 is 0 Å². The van der Waals surface area contributed by atoms with Gasteiger partial charge in [0.05, 0.1) is 12.7 Å². The summed E-state index contributed by atoms with van der Waals surface area (Å²) in [6.07, 6.45) is -1.23. The van der Waals surface area contributed by atoms with Crippen molar-refractivity contribution in [2.45, 2.75) is 31.4 Å². The molecule has 0 saturated carbocycles. The Morgan fingerprint density at radius 1 is 1.41 bits per heavy atom. The van der Waals surface area contributed by atoms with Crippen LogP contribution in [0.2, 0.25) is 0 Å². The van der Waals surface area contributed by atoms with Gasteiger partial charge in [-0.2, -0.15) is 0 Å². The van der Waals surface area contributed by atoms with Crippen molar-refractivity contribution in [1.82, 2.24) is 0 Å². The van der Waals surface area contributed by atoms with Gasteiger partial charge in [-0.3, -0.25) is 0 Å². The summed E-state index contributed by atoms with van der Waals surface area (Å²) in [7, 11) is 0. The normalized spacial score (nSPS) is 26.7. The number of aliphatic hydroxyl groups is 1. The van der Waals surface area contributed by atoms with Gasteiger partial charge < -0.3 is 14.6 Å². The Kier molecular flexibility index (Phi) is 4.48.